The third kappa shape index (κ3) is 2.25. The second kappa shape index (κ2) is 4.45. The van der Waals surface area contributed by atoms with Crippen molar-refractivity contribution >= 4 is 5.82 Å². The maximum Gasteiger partial charge on any atom is 0.169 e. The number of hydrogen-bond donors (Lipinski definition) is 2. The molecule has 0 aliphatic rings. The first-order chi connectivity index (χ1) is 7.40. The van der Waals surface area contributed by atoms with Gasteiger partial charge < -0.3 is 10.1 Å². The minimum Gasteiger partial charge on any atom is -0.493 e. The van der Waals surface area contributed by atoms with Gasteiger partial charge in [0.05, 0.1) is 19.3 Å². The van der Waals surface area contributed by atoms with Gasteiger partial charge >= 0.3 is 0 Å². The predicted octanol–water partition coefficient (Wildman–Crippen LogP) is 1.43. The van der Waals surface area contributed by atoms with Crippen LogP contribution >= 0.6 is 0 Å². The van der Waals surface area contributed by atoms with Gasteiger partial charge in [0.2, 0.25) is 0 Å². The summed E-state index contributed by atoms with van der Waals surface area (Å²) in [5, 5.41) is 9.88. The number of rotatable bonds is 4. The van der Waals surface area contributed by atoms with Crippen molar-refractivity contribution in [3.63, 3.8) is 0 Å². The van der Waals surface area contributed by atoms with Gasteiger partial charge in [-0.05, 0) is 18.2 Å². The summed E-state index contributed by atoms with van der Waals surface area (Å²) in [5.41, 5.74) is 1.00. The molecule has 0 atom stereocenters. The molecule has 15 heavy (non-hydrogen) atoms. The highest BCUT2D eigenvalue weighted by Gasteiger charge is 2.02. The van der Waals surface area contributed by atoms with Gasteiger partial charge in [-0.3, -0.25) is 5.10 Å². The molecule has 0 unspecified atom stereocenters. The fourth-order valence-corrected chi connectivity index (χ4v) is 1.25. The van der Waals surface area contributed by atoms with Crippen molar-refractivity contribution in [1.82, 2.24) is 15.2 Å². The molecule has 0 aromatic carbocycles. The normalized spacial score (nSPS) is 9.93. The molecule has 0 aliphatic carbocycles. The average molecular weight is 204 g/mol. The summed E-state index contributed by atoms with van der Waals surface area (Å²) in [6.45, 7) is 0.646. The molecule has 2 heterocycles. The molecule has 78 valence electrons. The zero-order valence-electron chi connectivity index (χ0n) is 8.40. The van der Waals surface area contributed by atoms with Crippen LogP contribution in [0.1, 0.15) is 5.69 Å². The predicted molar refractivity (Wildman–Crippen MR) is 56.7 cm³/mol. The van der Waals surface area contributed by atoms with Crippen molar-refractivity contribution in [3.05, 3.63) is 36.3 Å². The van der Waals surface area contributed by atoms with E-state index in [1.165, 1.54) is 0 Å². The quantitative estimate of drug-likeness (QED) is 0.790. The molecule has 5 nitrogen and oxygen atoms in total. The SMILES string of the molecule is COc1cccnc1NCc1ccn[nH]1. The van der Waals surface area contributed by atoms with Gasteiger partial charge in [-0.25, -0.2) is 4.98 Å². The van der Waals surface area contributed by atoms with Gasteiger partial charge in [-0.1, -0.05) is 0 Å². The first-order valence-electron chi connectivity index (χ1n) is 4.61. The molecule has 0 saturated carbocycles. The lowest BCUT2D eigenvalue weighted by molar-refractivity contribution is 0.415. The highest BCUT2D eigenvalue weighted by atomic mass is 16.5. The summed E-state index contributed by atoms with van der Waals surface area (Å²) in [7, 11) is 1.62. The van der Waals surface area contributed by atoms with Gasteiger partial charge in [0.1, 0.15) is 0 Å². The van der Waals surface area contributed by atoms with Crippen LogP contribution in [-0.4, -0.2) is 22.3 Å². The number of nitrogens with zero attached hydrogens (tertiary/aromatic N) is 2. The van der Waals surface area contributed by atoms with Gasteiger partial charge in [0, 0.05) is 12.4 Å². The maximum absolute atomic E-state index is 5.16. The third-order valence-corrected chi connectivity index (χ3v) is 2.00. The summed E-state index contributed by atoms with van der Waals surface area (Å²) in [6, 6.07) is 5.60. The molecule has 0 bridgehead atoms. The molecule has 2 N–H and O–H groups in total. The van der Waals surface area contributed by atoms with Gasteiger partial charge in [-0.15, -0.1) is 0 Å². The average Bonchev–Trinajstić information content (AvgIpc) is 2.79. The second-order valence-electron chi connectivity index (χ2n) is 2.99. The topological polar surface area (TPSA) is 62.8 Å². The van der Waals surface area contributed by atoms with Crippen molar-refractivity contribution in [3.8, 4) is 5.75 Å². The zero-order chi connectivity index (χ0) is 10.5. The van der Waals surface area contributed by atoms with E-state index in [0.29, 0.717) is 6.54 Å². The van der Waals surface area contributed by atoms with Crippen LogP contribution in [0.2, 0.25) is 0 Å². The molecule has 0 saturated heterocycles. The molecular weight excluding hydrogens is 192 g/mol. The van der Waals surface area contributed by atoms with Gasteiger partial charge in [-0.2, -0.15) is 5.10 Å². The number of anilines is 1. The Balaban J connectivity index is 2.04. The lowest BCUT2D eigenvalue weighted by Crippen LogP contribution is -2.03. The number of aromatic nitrogens is 3. The Morgan fingerprint density at radius 3 is 3.07 bits per heavy atom. The van der Waals surface area contributed by atoms with E-state index in [-0.39, 0.29) is 0 Å². The largest absolute Gasteiger partial charge is 0.493 e. The van der Waals surface area contributed by atoms with Crippen LogP contribution in [0, 0.1) is 0 Å². The summed E-state index contributed by atoms with van der Waals surface area (Å²) < 4.78 is 5.16. The highest BCUT2D eigenvalue weighted by molar-refractivity contribution is 5.49. The first-order valence-corrected chi connectivity index (χ1v) is 4.61. The summed E-state index contributed by atoms with van der Waals surface area (Å²) in [4.78, 5) is 4.18. The Kier molecular flexibility index (Phi) is 2.82. The minimum atomic E-state index is 0.646. The maximum atomic E-state index is 5.16. The number of H-pyrrole nitrogens is 1. The van der Waals surface area contributed by atoms with Crippen molar-refractivity contribution in [2.45, 2.75) is 6.54 Å². The van der Waals surface area contributed by atoms with E-state index in [9.17, 15) is 0 Å². The molecule has 0 radical (unpaired) electrons. The lowest BCUT2D eigenvalue weighted by Gasteiger charge is -2.08. The molecule has 2 aromatic rings. The van der Waals surface area contributed by atoms with Crippen molar-refractivity contribution in [2.75, 3.05) is 12.4 Å². The summed E-state index contributed by atoms with van der Waals surface area (Å²) >= 11 is 0. The van der Waals surface area contributed by atoms with E-state index in [4.69, 9.17) is 4.74 Å². The van der Waals surface area contributed by atoms with E-state index in [1.54, 1.807) is 19.5 Å². The Hall–Kier alpha value is -2.04. The van der Waals surface area contributed by atoms with Crippen LogP contribution in [0.5, 0.6) is 5.75 Å². The Labute approximate surface area is 87.5 Å². The summed E-state index contributed by atoms with van der Waals surface area (Å²) in [6.07, 6.45) is 3.43. The Morgan fingerprint density at radius 2 is 2.33 bits per heavy atom. The van der Waals surface area contributed by atoms with Crippen molar-refractivity contribution in [2.24, 2.45) is 0 Å². The Bertz CT molecular complexity index is 413. The highest BCUT2D eigenvalue weighted by Crippen LogP contribution is 2.20. The van der Waals surface area contributed by atoms with Gasteiger partial charge in [0.15, 0.2) is 11.6 Å². The molecule has 2 rings (SSSR count). The zero-order valence-corrected chi connectivity index (χ0v) is 8.40. The minimum absolute atomic E-state index is 0.646. The number of hydrogen-bond acceptors (Lipinski definition) is 4. The number of methoxy groups -OCH3 is 1. The van der Waals surface area contributed by atoms with Crippen LogP contribution in [-0.2, 0) is 6.54 Å². The van der Waals surface area contributed by atoms with Crippen LogP contribution in [0.15, 0.2) is 30.6 Å². The van der Waals surface area contributed by atoms with Crippen LogP contribution < -0.4 is 10.1 Å². The van der Waals surface area contributed by atoms with E-state index in [2.05, 4.69) is 20.5 Å². The molecule has 5 heteroatoms. The van der Waals surface area contributed by atoms with Crippen molar-refractivity contribution < 1.29 is 4.74 Å². The van der Waals surface area contributed by atoms with Crippen LogP contribution in [0.25, 0.3) is 0 Å². The lowest BCUT2D eigenvalue weighted by atomic mass is 10.4. The van der Waals surface area contributed by atoms with Crippen molar-refractivity contribution in [1.29, 1.82) is 0 Å². The third-order valence-electron chi connectivity index (χ3n) is 2.00. The number of aromatic amines is 1. The van der Waals surface area contributed by atoms with E-state index in [0.717, 1.165) is 17.3 Å². The smallest absolute Gasteiger partial charge is 0.169 e. The summed E-state index contributed by atoms with van der Waals surface area (Å²) in [5.74, 6) is 1.46. The molecule has 0 spiro atoms. The molecular formula is C10H12N4O. The molecule has 0 aliphatic heterocycles. The molecule has 0 fully saturated rings. The molecule has 2 aromatic heterocycles. The van der Waals surface area contributed by atoms with E-state index < -0.39 is 0 Å². The monoisotopic (exact) mass is 204 g/mol. The number of pyridine rings is 1. The fourth-order valence-electron chi connectivity index (χ4n) is 1.25. The second-order valence-corrected chi connectivity index (χ2v) is 2.99. The fraction of sp³-hybridized carbons (Fsp3) is 0.200. The number of ether oxygens (including phenoxy) is 1. The number of nitrogens with one attached hydrogen (secondary N) is 2. The van der Waals surface area contributed by atoms with Crippen LogP contribution in [0.4, 0.5) is 5.82 Å². The Morgan fingerprint density at radius 1 is 1.40 bits per heavy atom. The van der Waals surface area contributed by atoms with Crippen LogP contribution in [0.3, 0.4) is 0 Å². The van der Waals surface area contributed by atoms with E-state index in [1.807, 2.05) is 18.2 Å². The first kappa shape index (κ1) is 9.51. The molecule has 0 amide bonds. The van der Waals surface area contributed by atoms with E-state index >= 15 is 0 Å². The standard InChI is InChI=1S/C10H12N4O/c1-15-9-3-2-5-11-10(9)12-7-8-4-6-13-14-8/h2-6H,7H2,1H3,(H,11,12)(H,13,14). The van der Waals surface area contributed by atoms with Gasteiger partial charge in [0.25, 0.3) is 0 Å².